The van der Waals surface area contributed by atoms with E-state index in [9.17, 15) is 18.8 Å². The van der Waals surface area contributed by atoms with Crippen molar-refractivity contribution >= 4 is 17.8 Å². The highest BCUT2D eigenvalue weighted by molar-refractivity contribution is 5.99. The van der Waals surface area contributed by atoms with Gasteiger partial charge >= 0.3 is 5.97 Å². The topological polar surface area (TPSA) is 120 Å². The van der Waals surface area contributed by atoms with Crippen LogP contribution in [0, 0.1) is 5.82 Å². The maximum absolute atomic E-state index is 13.5. The van der Waals surface area contributed by atoms with Gasteiger partial charge in [0, 0.05) is 19.4 Å². The number of esters is 1. The molecule has 2 amide bonds. The molecule has 2 N–H and O–H groups in total. The first-order valence-corrected chi connectivity index (χ1v) is 9.32. The number of halogens is 1. The fraction of sp³-hybridized carbons (Fsp3) is 0.190. The summed E-state index contributed by atoms with van der Waals surface area (Å²) in [6.45, 7) is 2.13. The minimum atomic E-state index is -0.539. The number of nitrogens with zero attached hydrogens (tertiary/aromatic N) is 4. The second kappa shape index (κ2) is 9.16. The molecule has 31 heavy (non-hydrogen) atoms. The largest absolute Gasteiger partial charge is 0.461 e. The molecular weight excluding hydrogens is 405 g/mol. The zero-order valence-electron chi connectivity index (χ0n) is 16.9. The number of hydrogen-bond donors (Lipinski definition) is 1. The van der Waals surface area contributed by atoms with Crippen LogP contribution < -0.4 is 5.73 Å². The zero-order chi connectivity index (χ0) is 22.5. The number of nitrogens with two attached hydrogens (primary N) is 1. The van der Waals surface area contributed by atoms with Crippen molar-refractivity contribution in [3.05, 3.63) is 77.4 Å². The molecule has 0 saturated heterocycles. The summed E-state index contributed by atoms with van der Waals surface area (Å²) < 4.78 is 20.1. The lowest BCUT2D eigenvalue weighted by Gasteiger charge is -2.14. The summed E-state index contributed by atoms with van der Waals surface area (Å²) in [4.78, 5) is 44.0. The maximum Gasteiger partial charge on any atom is 0.358 e. The van der Waals surface area contributed by atoms with Crippen LogP contribution in [0.4, 0.5) is 4.39 Å². The standard InChI is InChI=1S/C15H14FN3O3.C6H6N2O/c1-3-22-15(21)13-12-7-18(2)14(20)10-6-9(16)4-5-11(10)19(12)8-17-13;7-6(9)5-2-1-3-8-4-5/h4-6,8H,3,7H2,1-2H3;1-4H,(H2,7,9). The van der Waals surface area contributed by atoms with Crippen molar-refractivity contribution in [3.8, 4) is 5.69 Å². The van der Waals surface area contributed by atoms with Crippen molar-refractivity contribution in [1.82, 2.24) is 19.4 Å². The average molecular weight is 425 g/mol. The molecule has 160 valence electrons. The van der Waals surface area contributed by atoms with E-state index < -0.39 is 17.7 Å². The molecule has 3 heterocycles. The van der Waals surface area contributed by atoms with Crippen molar-refractivity contribution in [2.75, 3.05) is 13.7 Å². The predicted molar refractivity (Wildman–Crippen MR) is 108 cm³/mol. The number of pyridine rings is 1. The summed E-state index contributed by atoms with van der Waals surface area (Å²) in [5.41, 5.74) is 6.81. The van der Waals surface area contributed by atoms with Crippen molar-refractivity contribution in [2.45, 2.75) is 13.5 Å². The lowest BCUT2D eigenvalue weighted by Crippen LogP contribution is -2.26. The van der Waals surface area contributed by atoms with Gasteiger partial charge in [-0.05, 0) is 37.3 Å². The number of hydrogen-bond acceptors (Lipinski definition) is 6. The van der Waals surface area contributed by atoms with Crippen LogP contribution in [-0.4, -0.2) is 50.9 Å². The fourth-order valence-electron chi connectivity index (χ4n) is 3.00. The zero-order valence-corrected chi connectivity index (χ0v) is 16.9. The lowest BCUT2D eigenvalue weighted by atomic mass is 10.1. The first-order valence-electron chi connectivity index (χ1n) is 9.32. The van der Waals surface area contributed by atoms with Crippen LogP contribution in [0.3, 0.4) is 0 Å². The van der Waals surface area contributed by atoms with Crippen LogP contribution in [0.2, 0.25) is 0 Å². The Balaban J connectivity index is 0.000000254. The Bertz CT molecular complexity index is 1130. The number of primary amides is 1. The molecule has 0 atom stereocenters. The van der Waals surface area contributed by atoms with E-state index in [2.05, 4.69) is 9.97 Å². The van der Waals surface area contributed by atoms with Crippen molar-refractivity contribution in [1.29, 1.82) is 0 Å². The van der Waals surface area contributed by atoms with Gasteiger partial charge in [0.1, 0.15) is 12.1 Å². The summed E-state index contributed by atoms with van der Waals surface area (Å²) in [6.07, 6.45) is 4.47. The number of carbonyl (C=O) groups is 3. The Hall–Kier alpha value is -4.08. The molecule has 0 unspecified atom stereocenters. The van der Waals surface area contributed by atoms with Gasteiger partial charge in [0.05, 0.1) is 35.7 Å². The molecule has 9 nitrogen and oxygen atoms in total. The molecule has 0 fully saturated rings. The second-order valence-electron chi connectivity index (χ2n) is 6.56. The van der Waals surface area contributed by atoms with Crippen molar-refractivity contribution < 1.29 is 23.5 Å². The van der Waals surface area contributed by atoms with E-state index in [4.69, 9.17) is 10.5 Å². The van der Waals surface area contributed by atoms with Crippen LogP contribution in [0.15, 0.2) is 49.1 Å². The molecular formula is C21H20FN5O4. The van der Waals surface area contributed by atoms with E-state index in [1.807, 2.05) is 0 Å². The van der Waals surface area contributed by atoms with Crippen LogP contribution in [-0.2, 0) is 11.3 Å². The molecule has 1 aromatic carbocycles. The summed E-state index contributed by atoms with van der Waals surface area (Å²) in [7, 11) is 1.59. The smallest absolute Gasteiger partial charge is 0.358 e. The average Bonchev–Trinajstić information content (AvgIpc) is 3.13. The number of aromatic nitrogens is 3. The molecule has 1 aliphatic heterocycles. The van der Waals surface area contributed by atoms with Gasteiger partial charge in [-0.2, -0.15) is 0 Å². The minimum absolute atomic E-state index is 0.165. The molecule has 0 saturated carbocycles. The SMILES string of the molecule is CCOC(=O)c1ncn2c1CN(C)C(=O)c1cc(F)ccc1-2.NC(=O)c1cccnc1. The Morgan fingerprint density at radius 1 is 1.29 bits per heavy atom. The van der Waals surface area contributed by atoms with Gasteiger partial charge in [-0.15, -0.1) is 0 Å². The van der Waals surface area contributed by atoms with E-state index >= 15 is 0 Å². The molecule has 10 heteroatoms. The fourth-order valence-corrected chi connectivity index (χ4v) is 3.00. The molecule has 0 spiro atoms. The van der Waals surface area contributed by atoms with Crippen LogP contribution in [0.1, 0.15) is 43.8 Å². The van der Waals surface area contributed by atoms with Gasteiger partial charge in [0.25, 0.3) is 5.91 Å². The van der Waals surface area contributed by atoms with Crippen molar-refractivity contribution in [2.24, 2.45) is 5.73 Å². The number of carbonyl (C=O) groups excluding carboxylic acids is 3. The molecule has 4 rings (SSSR count). The van der Waals surface area contributed by atoms with E-state index in [1.54, 1.807) is 36.9 Å². The number of benzene rings is 1. The Morgan fingerprint density at radius 3 is 2.68 bits per heavy atom. The highest BCUT2D eigenvalue weighted by Crippen LogP contribution is 2.26. The maximum atomic E-state index is 13.5. The third-order valence-corrected chi connectivity index (χ3v) is 4.46. The number of ether oxygens (including phenoxy) is 1. The van der Waals surface area contributed by atoms with Crippen LogP contribution in [0.5, 0.6) is 0 Å². The predicted octanol–water partition coefficient (Wildman–Crippen LogP) is 1.95. The molecule has 2 aromatic heterocycles. The highest BCUT2D eigenvalue weighted by Gasteiger charge is 2.29. The van der Waals surface area contributed by atoms with Gasteiger partial charge in [0.15, 0.2) is 5.69 Å². The van der Waals surface area contributed by atoms with Crippen LogP contribution >= 0.6 is 0 Å². The Morgan fingerprint density at radius 2 is 2.06 bits per heavy atom. The minimum Gasteiger partial charge on any atom is -0.461 e. The third kappa shape index (κ3) is 4.58. The second-order valence-corrected chi connectivity index (χ2v) is 6.56. The first-order chi connectivity index (χ1) is 14.8. The number of amides is 2. The van der Waals surface area contributed by atoms with Crippen LogP contribution in [0.25, 0.3) is 5.69 Å². The van der Waals surface area contributed by atoms with Gasteiger partial charge in [-0.1, -0.05) is 0 Å². The van der Waals surface area contributed by atoms with Gasteiger partial charge < -0.3 is 15.4 Å². The number of fused-ring (bicyclic) bond motifs is 3. The summed E-state index contributed by atoms with van der Waals surface area (Å²) in [5.74, 6) is -1.78. The normalized spacial score (nSPS) is 12.1. The van der Waals surface area contributed by atoms with E-state index in [0.717, 1.165) is 0 Å². The third-order valence-electron chi connectivity index (χ3n) is 4.46. The number of rotatable bonds is 3. The highest BCUT2D eigenvalue weighted by atomic mass is 19.1. The van der Waals surface area contributed by atoms with E-state index in [-0.39, 0.29) is 30.3 Å². The molecule has 3 aromatic rings. The summed E-state index contributed by atoms with van der Waals surface area (Å²) in [5, 5.41) is 0. The van der Waals surface area contributed by atoms with E-state index in [0.29, 0.717) is 16.9 Å². The van der Waals surface area contributed by atoms with E-state index in [1.165, 1.54) is 35.6 Å². The Labute approximate surface area is 177 Å². The first kappa shape index (κ1) is 21.6. The van der Waals surface area contributed by atoms with Gasteiger partial charge in [-0.3, -0.25) is 19.1 Å². The Kier molecular flexibility index (Phi) is 6.39. The number of imidazole rings is 1. The quantitative estimate of drug-likeness (QED) is 0.641. The van der Waals surface area contributed by atoms with Gasteiger partial charge in [0.2, 0.25) is 5.91 Å². The molecule has 0 bridgehead atoms. The molecule has 0 radical (unpaired) electrons. The van der Waals surface area contributed by atoms with Crippen molar-refractivity contribution in [3.63, 3.8) is 0 Å². The lowest BCUT2D eigenvalue weighted by molar-refractivity contribution is 0.0515. The monoisotopic (exact) mass is 425 g/mol. The summed E-state index contributed by atoms with van der Waals surface area (Å²) >= 11 is 0. The summed E-state index contributed by atoms with van der Waals surface area (Å²) in [6, 6.07) is 7.25. The molecule has 1 aliphatic rings. The molecule has 0 aliphatic carbocycles. The van der Waals surface area contributed by atoms with Gasteiger partial charge in [-0.25, -0.2) is 14.2 Å².